The first-order chi connectivity index (χ1) is 8.99. The van der Waals surface area contributed by atoms with Crippen LogP contribution in [0.4, 0.5) is 4.79 Å². The molecule has 0 radical (unpaired) electrons. The van der Waals surface area contributed by atoms with Crippen molar-refractivity contribution in [3.05, 3.63) is 0 Å². The molecule has 0 saturated carbocycles. The molecule has 0 aliphatic heterocycles. The van der Waals surface area contributed by atoms with Gasteiger partial charge < -0.3 is 25.4 Å². The number of carboxylic acid groups (broad SMARTS) is 1. The number of amides is 2. The quantitative estimate of drug-likeness (QED) is 0.493. The van der Waals surface area contributed by atoms with Crippen molar-refractivity contribution in [1.82, 2.24) is 15.5 Å². The fraction of sp³-hybridized carbons (Fsp3) is 0.833. The Bertz CT molecular complexity index is 270. The molecule has 1 atom stereocenters. The molecule has 7 heteroatoms. The summed E-state index contributed by atoms with van der Waals surface area (Å²) in [6, 6.07) is -0.210. The maximum absolute atomic E-state index is 11.5. The molecule has 0 aromatic rings. The average molecular weight is 275 g/mol. The molecule has 0 aromatic carbocycles. The molecule has 0 rings (SSSR count). The predicted octanol–water partition coefficient (Wildman–Crippen LogP) is 0.117. The van der Waals surface area contributed by atoms with Gasteiger partial charge in [-0.3, -0.25) is 0 Å². The first-order valence-electron chi connectivity index (χ1n) is 6.55. The monoisotopic (exact) mass is 275 g/mol. The molecule has 0 aliphatic rings. The van der Waals surface area contributed by atoms with Crippen LogP contribution in [0.15, 0.2) is 0 Å². The summed E-state index contributed by atoms with van der Waals surface area (Å²) in [6.45, 7) is 8.93. The molecule has 19 heavy (non-hydrogen) atoms. The van der Waals surface area contributed by atoms with E-state index < -0.39 is 5.97 Å². The van der Waals surface area contributed by atoms with Gasteiger partial charge in [0.25, 0.3) is 0 Å². The van der Waals surface area contributed by atoms with Gasteiger partial charge in [0.2, 0.25) is 0 Å². The predicted molar refractivity (Wildman–Crippen MR) is 72.2 cm³/mol. The number of rotatable bonds is 10. The van der Waals surface area contributed by atoms with Crippen molar-refractivity contribution in [3.63, 3.8) is 0 Å². The standard InChI is InChI=1S/C12H25N3O4/c1-4-15(5-2)8-10(3)14-12(18)13-6-7-19-9-11(16)17/h10H,4-9H2,1-3H3,(H,16,17)(H2,13,14,18). The fourth-order valence-electron chi connectivity index (χ4n) is 1.59. The van der Waals surface area contributed by atoms with E-state index >= 15 is 0 Å². The smallest absolute Gasteiger partial charge is 0.329 e. The Morgan fingerprint density at radius 1 is 1.32 bits per heavy atom. The second-order valence-electron chi connectivity index (χ2n) is 4.23. The minimum absolute atomic E-state index is 0.0554. The zero-order valence-corrected chi connectivity index (χ0v) is 11.9. The lowest BCUT2D eigenvalue weighted by atomic mass is 10.3. The minimum Gasteiger partial charge on any atom is -0.480 e. The first-order valence-corrected chi connectivity index (χ1v) is 6.55. The van der Waals surface area contributed by atoms with Gasteiger partial charge in [0.15, 0.2) is 0 Å². The highest BCUT2D eigenvalue weighted by Crippen LogP contribution is 1.91. The molecule has 0 heterocycles. The summed E-state index contributed by atoms with van der Waals surface area (Å²) in [5.74, 6) is -1.02. The van der Waals surface area contributed by atoms with E-state index in [4.69, 9.17) is 9.84 Å². The van der Waals surface area contributed by atoms with Crippen LogP contribution in [0.5, 0.6) is 0 Å². The highest BCUT2D eigenvalue weighted by atomic mass is 16.5. The van der Waals surface area contributed by atoms with E-state index in [1.54, 1.807) is 0 Å². The van der Waals surface area contributed by atoms with E-state index in [2.05, 4.69) is 29.4 Å². The van der Waals surface area contributed by atoms with Crippen LogP contribution < -0.4 is 10.6 Å². The molecule has 0 aromatic heterocycles. The van der Waals surface area contributed by atoms with Gasteiger partial charge in [0.1, 0.15) is 6.61 Å². The molecule has 0 aliphatic carbocycles. The number of aliphatic carboxylic acids is 1. The molecule has 3 N–H and O–H groups in total. The van der Waals surface area contributed by atoms with Gasteiger partial charge >= 0.3 is 12.0 Å². The van der Waals surface area contributed by atoms with Crippen molar-refractivity contribution in [2.45, 2.75) is 26.8 Å². The molecule has 112 valence electrons. The summed E-state index contributed by atoms with van der Waals surface area (Å²) in [4.78, 5) is 23.9. The van der Waals surface area contributed by atoms with Gasteiger partial charge in [0, 0.05) is 19.1 Å². The van der Waals surface area contributed by atoms with Crippen LogP contribution in [-0.2, 0) is 9.53 Å². The summed E-state index contributed by atoms with van der Waals surface area (Å²) in [5, 5.41) is 13.8. The van der Waals surface area contributed by atoms with E-state index in [0.29, 0.717) is 0 Å². The van der Waals surface area contributed by atoms with E-state index in [-0.39, 0.29) is 31.8 Å². The zero-order valence-electron chi connectivity index (χ0n) is 11.9. The highest BCUT2D eigenvalue weighted by Gasteiger charge is 2.09. The maximum atomic E-state index is 11.5. The molecule has 0 fully saturated rings. The Kier molecular flexibility index (Phi) is 9.82. The van der Waals surface area contributed by atoms with Gasteiger partial charge in [-0.2, -0.15) is 0 Å². The number of likely N-dealkylation sites (N-methyl/N-ethyl adjacent to an activating group) is 1. The van der Waals surface area contributed by atoms with Crippen molar-refractivity contribution in [2.75, 3.05) is 39.4 Å². The third kappa shape index (κ3) is 10.3. The van der Waals surface area contributed by atoms with Crippen LogP contribution in [0, 0.1) is 0 Å². The van der Waals surface area contributed by atoms with Gasteiger partial charge in [0.05, 0.1) is 6.61 Å². The van der Waals surface area contributed by atoms with Crippen molar-refractivity contribution >= 4 is 12.0 Å². The van der Waals surface area contributed by atoms with E-state index in [1.165, 1.54) is 0 Å². The van der Waals surface area contributed by atoms with E-state index in [1.807, 2.05) is 6.92 Å². The molecule has 2 amide bonds. The topological polar surface area (TPSA) is 90.9 Å². The largest absolute Gasteiger partial charge is 0.480 e. The van der Waals surface area contributed by atoms with Crippen molar-refractivity contribution in [2.24, 2.45) is 0 Å². The number of carboxylic acids is 1. The van der Waals surface area contributed by atoms with Crippen LogP contribution in [0.3, 0.4) is 0 Å². The third-order valence-corrected chi connectivity index (χ3v) is 2.56. The third-order valence-electron chi connectivity index (χ3n) is 2.56. The molecule has 0 saturated heterocycles. The van der Waals surface area contributed by atoms with Crippen molar-refractivity contribution in [3.8, 4) is 0 Å². The van der Waals surface area contributed by atoms with Gasteiger partial charge in [-0.1, -0.05) is 13.8 Å². The summed E-state index contributed by atoms with van der Waals surface area (Å²) < 4.78 is 4.80. The zero-order chi connectivity index (χ0) is 14.7. The Hall–Kier alpha value is -1.34. The van der Waals surface area contributed by atoms with Crippen molar-refractivity contribution in [1.29, 1.82) is 0 Å². The molecular formula is C12H25N3O4. The van der Waals surface area contributed by atoms with Crippen LogP contribution in [0.1, 0.15) is 20.8 Å². The minimum atomic E-state index is -1.02. The first kappa shape index (κ1) is 17.7. The van der Waals surface area contributed by atoms with E-state index in [0.717, 1.165) is 19.6 Å². The number of urea groups is 1. The fourth-order valence-corrected chi connectivity index (χ4v) is 1.59. The summed E-state index contributed by atoms with van der Waals surface area (Å²) in [6.07, 6.45) is 0. The molecular weight excluding hydrogens is 250 g/mol. The van der Waals surface area contributed by atoms with Crippen LogP contribution in [0.2, 0.25) is 0 Å². The lowest BCUT2D eigenvalue weighted by molar-refractivity contribution is -0.142. The number of hydrogen-bond acceptors (Lipinski definition) is 4. The Morgan fingerprint density at radius 3 is 2.47 bits per heavy atom. The second-order valence-corrected chi connectivity index (χ2v) is 4.23. The van der Waals surface area contributed by atoms with Gasteiger partial charge in [-0.25, -0.2) is 9.59 Å². The molecule has 1 unspecified atom stereocenters. The van der Waals surface area contributed by atoms with Gasteiger partial charge in [-0.15, -0.1) is 0 Å². The number of nitrogens with zero attached hydrogens (tertiary/aromatic N) is 1. The summed E-state index contributed by atoms with van der Waals surface area (Å²) in [5.41, 5.74) is 0. The number of carbonyl (C=O) groups is 2. The van der Waals surface area contributed by atoms with E-state index in [9.17, 15) is 9.59 Å². The molecule has 0 bridgehead atoms. The number of nitrogens with one attached hydrogen (secondary N) is 2. The second kappa shape index (κ2) is 10.6. The van der Waals surface area contributed by atoms with Crippen LogP contribution >= 0.6 is 0 Å². The molecule has 7 nitrogen and oxygen atoms in total. The lowest BCUT2D eigenvalue weighted by Gasteiger charge is -2.23. The Morgan fingerprint density at radius 2 is 1.95 bits per heavy atom. The number of ether oxygens (including phenoxy) is 1. The normalized spacial score (nSPS) is 12.2. The number of carbonyl (C=O) groups excluding carboxylic acids is 1. The lowest BCUT2D eigenvalue weighted by Crippen LogP contribution is -2.46. The van der Waals surface area contributed by atoms with Gasteiger partial charge in [-0.05, 0) is 20.0 Å². The summed E-state index contributed by atoms with van der Waals surface area (Å²) in [7, 11) is 0. The summed E-state index contributed by atoms with van der Waals surface area (Å²) >= 11 is 0. The van der Waals surface area contributed by atoms with Crippen LogP contribution in [-0.4, -0.2) is 67.4 Å². The molecule has 0 spiro atoms. The Balaban J connectivity index is 3.64. The number of hydrogen-bond donors (Lipinski definition) is 3. The average Bonchev–Trinajstić information content (AvgIpc) is 2.35. The SMILES string of the molecule is CCN(CC)CC(C)NC(=O)NCCOCC(=O)O. The van der Waals surface area contributed by atoms with Crippen LogP contribution in [0.25, 0.3) is 0 Å². The van der Waals surface area contributed by atoms with Crippen molar-refractivity contribution < 1.29 is 19.4 Å². The Labute approximate surface area is 114 Å². The maximum Gasteiger partial charge on any atom is 0.329 e. The highest BCUT2D eigenvalue weighted by molar-refractivity contribution is 5.74.